The monoisotopic (exact) mass is 249 g/mol. The third-order valence-corrected chi connectivity index (χ3v) is 2.79. The number of hydrogen-bond acceptors (Lipinski definition) is 2. The second-order valence-corrected chi connectivity index (χ2v) is 6.19. The van der Waals surface area contributed by atoms with Crippen LogP contribution in [0.5, 0.6) is 0 Å². The smallest absolute Gasteiger partial charge is 0.225 e. The van der Waals surface area contributed by atoms with Crippen LogP contribution < -0.4 is 5.32 Å². The number of nitrogens with one attached hydrogen (secondary N) is 1. The highest BCUT2D eigenvalue weighted by Crippen LogP contribution is 2.20. The van der Waals surface area contributed by atoms with Crippen LogP contribution in [0, 0.1) is 5.41 Å². The fourth-order valence-electron chi connectivity index (χ4n) is 1.48. The average molecular weight is 249 g/mol. The van der Waals surface area contributed by atoms with E-state index in [-0.39, 0.29) is 11.3 Å². The van der Waals surface area contributed by atoms with E-state index in [1.54, 1.807) is 13.8 Å². The Bertz CT molecular complexity index is 408. The Balaban J connectivity index is 2.63. The zero-order valence-corrected chi connectivity index (χ0v) is 11.9. The third-order valence-electron chi connectivity index (χ3n) is 2.79. The molecule has 1 rings (SSSR count). The van der Waals surface area contributed by atoms with E-state index in [0.717, 1.165) is 11.1 Å². The second-order valence-electron chi connectivity index (χ2n) is 6.19. The van der Waals surface area contributed by atoms with Crippen LogP contribution >= 0.6 is 0 Å². The van der Waals surface area contributed by atoms with Gasteiger partial charge in [-0.05, 0) is 25.0 Å². The molecule has 1 aromatic carbocycles. The molecule has 100 valence electrons. The van der Waals surface area contributed by atoms with Crippen molar-refractivity contribution >= 4 is 5.91 Å². The van der Waals surface area contributed by atoms with E-state index in [1.165, 1.54) is 0 Å². The van der Waals surface area contributed by atoms with Gasteiger partial charge >= 0.3 is 0 Å². The Morgan fingerprint density at radius 3 is 2.00 bits per heavy atom. The highest BCUT2D eigenvalue weighted by molar-refractivity contribution is 5.81. The molecule has 0 atom stereocenters. The molecule has 0 bridgehead atoms. The van der Waals surface area contributed by atoms with Gasteiger partial charge in [-0.2, -0.15) is 0 Å². The highest BCUT2D eigenvalue weighted by Gasteiger charge is 2.20. The summed E-state index contributed by atoms with van der Waals surface area (Å²) in [6.45, 7) is 9.69. The maximum Gasteiger partial charge on any atom is 0.225 e. The fraction of sp³-hybridized carbons (Fsp3) is 0.533. The first-order chi connectivity index (χ1) is 8.10. The average Bonchev–Trinajstić information content (AvgIpc) is 2.24. The fourth-order valence-corrected chi connectivity index (χ4v) is 1.48. The molecule has 0 aliphatic rings. The summed E-state index contributed by atoms with van der Waals surface area (Å²) in [4.78, 5) is 11.7. The predicted molar refractivity (Wildman–Crippen MR) is 73.0 cm³/mol. The molecule has 3 heteroatoms. The van der Waals surface area contributed by atoms with E-state index in [4.69, 9.17) is 0 Å². The SMILES string of the molecule is CC(C)(C)C(=O)NCc1ccc(C(C)(C)O)cc1. The van der Waals surface area contributed by atoms with Crippen molar-refractivity contribution in [3.63, 3.8) is 0 Å². The Morgan fingerprint density at radius 1 is 1.11 bits per heavy atom. The van der Waals surface area contributed by atoms with Crippen LogP contribution in [0.15, 0.2) is 24.3 Å². The molecule has 0 saturated carbocycles. The normalized spacial score (nSPS) is 12.3. The molecule has 0 radical (unpaired) electrons. The van der Waals surface area contributed by atoms with Crippen molar-refractivity contribution in [2.75, 3.05) is 0 Å². The number of amides is 1. The molecule has 3 nitrogen and oxygen atoms in total. The van der Waals surface area contributed by atoms with E-state index in [0.29, 0.717) is 6.54 Å². The zero-order chi connectivity index (χ0) is 14.0. The van der Waals surface area contributed by atoms with Crippen molar-refractivity contribution in [2.24, 2.45) is 5.41 Å². The van der Waals surface area contributed by atoms with Crippen LogP contribution in [0.2, 0.25) is 0 Å². The summed E-state index contributed by atoms with van der Waals surface area (Å²) < 4.78 is 0. The minimum absolute atomic E-state index is 0.0362. The van der Waals surface area contributed by atoms with Gasteiger partial charge < -0.3 is 10.4 Å². The summed E-state index contributed by atoms with van der Waals surface area (Å²) >= 11 is 0. The minimum Gasteiger partial charge on any atom is -0.386 e. The molecule has 0 aliphatic carbocycles. The minimum atomic E-state index is -0.826. The lowest BCUT2D eigenvalue weighted by molar-refractivity contribution is -0.128. The summed E-state index contributed by atoms with van der Waals surface area (Å²) in [6.07, 6.45) is 0. The molecular formula is C15H23NO2. The molecule has 0 spiro atoms. The largest absolute Gasteiger partial charge is 0.386 e. The van der Waals surface area contributed by atoms with Gasteiger partial charge in [0.15, 0.2) is 0 Å². The lowest BCUT2D eigenvalue weighted by Gasteiger charge is -2.19. The molecule has 0 aromatic heterocycles. The molecule has 0 saturated heterocycles. The lowest BCUT2D eigenvalue weighted by atomic mass is 9.95. The standard InChI is InChI=1S/C15H23NO2/c1-14(2,3)13(17)16-10-11-6-8-12(9-7-11)15(4,5)18/h6-9,18H,10H2,1-5H3,(H,16,17). The first-order valence-electron chi connectivity index (χ1n) is 6.21. The van der Waals surface area contributed by atoms with Crippen molar-refractivity contribution in [1.82, 2.24) is 5.32 Å². The Kier molecular flexibility index (Phi) is 4.17. The number of rotatable bonds is 3. The lowest BCUT2D eigenvalue weighted by Crippen LogP contribution is -2.34. The predicted octanol–water partition coefficient (Wildman–Crippen LogP) is 2.58. The number of carbonyl (C=O) groups excluding carboxylic acids is 1. The molecule has 0 fully saturated rings. The molecule has 0 aliphatic heterocycles. The van der Waals surface area contributed by atoms with Crippen molar-refractivity contribution in [1.29, 1.82) is 0 Å². The van der Waals surface area contributed by atoms with Crippen LogP contribution in [-0.2, 0) is 16.9 Å². The van der Waals surface area contributed by atoms with Gasteiger partial charge in [0.2, 0.25) is 5.91 Å². The number of benzene rings is 1. The summed E-state index contributed by atoms with van der Waals surface area (Å²) in [7, 11) is 0. The van der Waals surface area contributed by atoms with Gasteiger partial charge in [0.1, 0.15) is 0 Å². The molecule has 18 heavy (non-hydrogen) atoms. The van der Waals surface area contributed by atoms with E-state index in [2.05, 4.69) is 5.32 Å². The van der Waals surface area contributed by atoms with E-state index < -0.39 is 5.60 Å². The summed E-state index contributed by atoms with van der Waals surface area (Å²) in [6, 6.07) is 7.63. The highest BCUT2D eigenvalue weighted by atomic mass is 16.3. The van der Waals surface area contributed by atoms with E-state index >= 15 is 0 Å². The van der Waals surface area contributed by atoms with Gasteiger partial charge in [-0.15, -0.1) is 0 Å². The number of hydrogen-bond donors (Lipinski definition) is 2. The molecular weight excluding hydrogens is 226 g/mol. The van der Waals surface area contributed by atoms with Crippen LogP contribution in [-0.4, -0.2) is 11.0 Å². The summed E-state index contributed by atoms with van der Waals surface area (Å²) in [5.41, 5.74) is 0.703. The Hall–Kier alpha value is -1.35. The molecule has 0 unspecified atom stereocenters. The maximum absolute atomic E-state index is 11.7. The topological polar surface area (TPSA) is 49.3 Å². The van der Waals surface area contributed by atoms with Crippen LogP contribution in [0.1, 0.15) is 45.7 Å². The van der Waals surface area contributed by atoms with Crippen molar-refractivity contribution in [3.05, 3.63) is 35.4 Å². The van der Waals surface area contributed by atoms with Gasteiger partial charge in [-0.1, -0.05) is 45.0 Å². The summed E-state index contributed by atoms with van der Waals surface area (Å²) in [5.74, 6) is 0.0362. The van der Waals surface area contributed by atoms with Gasteiger partial charge in [0.25, 0.3) is 0 Å². The van der Waals surface area contributed by atoms with Gasteiger partial charge in [-0.25, -0.2) is 0 Å². The zero-order valence-electron chi connectivity index (χ0n) is 11.9. The molecule has 1 amide bonds. The maximum atomic E-state index is 11.7. The van der Waals surface area contributed by atoms with E-state index in [1.807, 2.05) is 45.0 Å². The molecule has 1 aromatic rings. The molecule has 0 heterocycles. The quantitative estimate of drug-likeness (QED) is 0.865. The van der Waals surface area contributed by atoms with Crippen LogP contribution in [0.4, 0.5) is 0 Å². The Labute approximate surface area is 109 Å². The van der Waals surface area contributed by atoms with Crippen LogP contribution in [0.25, 0.3) is 0 Å². The van der Waals surface area contributed by atoms with Crippen LogP contribution in [0.3, 0.4) is 0 Å². The van der Waals surface area contributed by atoms with Gasteiger partial charge in [0.05, 0.1) is 5.60 Å². The summed E-state index contributed by atoms with van der Waals surface area (Å²) in [5, 5.41) is 12.7. The number of carbonyl (C=O) groups is 1. The molecule has 2 N–H and O–H groups in total. The third kappa shape index (κ3) is 4.15. The first kappa shape index (κ1) is 14.7. The van der Waals surface area contributed by atoms with E-state index in [9.17, 15) is 9.90 Å². The van der Waals surface area contributed by atoms with Gasteiger partial charge in [0, 0.05) is 12.0 Å². The van der Waals surface area contributed by atoms with Crippen molar-refractivity contribution < 1.29 is 9.90 Å². The Morgan fingerprint density at radius 2 is 1.61 bits per heavy atom. The second kappa shape index (κ2) is 5.11. The van der Waals surface area contributed by atoms with Gasteiger partial charge in [-0.3, -0.25) is 4.79 Å². The number of aliphatic hydroxyl groups is 1. The van der Waals surface area contributed by atoms with Crippen molar-refractivity contribution in [3.8, 4) is 0 Å². The first-order valence-corrected chi connectivity index (χ1v) is 6.21. The van der Waals surface area contributed by atoms with Crippen molar-refractivity contribution in [2.45, 2.75) is 46.8 Å².